The summed E-state index contributed by atoms with van der Waals surface area (Å²) in [6, 6.07) is 25.1. The SMILES string of the molecule is Cc1c(C)c(S(=O)(=O)c2ccc(N3C(=O)c4ccc(-c5ccc(N)cc5)cc4C3=O)c(C(=O)O)c2OC=O)c(C)c(C)c1N1C(=O)c2ccc(-c3ccc(N)cc3)cc2C1=O. The molecule has 2 aliphatic rings. The number of anilines is 4. The molecule has 0 fully saturated rings. The molecule has 5 N–H and O–H groups in total. The minimum atomic E-state index is -4.82. The molecule has 304 valence electrons. The lowest BCUT2D eigenvalue weighted by molar-refractivity contribution is -0.120. The molecule has 0 bridgehead atoms. The Morgan fingerprint density at radius 2 is 1.02 bits per heavy atom. The van der Waals surface area contributed by atoms with Gasteiger partial charge in [0.15, 0.2) is 5.75 Å². The third-order valence-electron chi connectivity index (χ3n) is 11.3. The van der Waals surface area contributed by atoms with E-state index in [0.717, 1.165) is 22.6 Å². The molecule has 0 spiro atoms. The number of rotatable bonds is 9. The second-order valence-corrected chi connectivity index (χ2v) is 16.5. The van der Waals surface area contributed by atoms with E-state index in [-0.39, 0.29) is 61.6 Å². The number of hydrogen-bond acceptors (Lipinski definition) is 11. The van der Waals surface area contributed by atoms with Crippen LogP contribution in [0.5, 0.6) is 5.75 Å². The number of amides is 4. The van der Waals surface area contributed by atoms with E-state index < -0.39 is 61.3 Å². The highest BCUT2D eigenvalue weighted by Crippen LogP contribution is 2.45. The van der Waals surface area contributed by atoms with Crippen LogP contribution in [0.4, 0.5) is 22.7 Å². The van der Waals surface area contributed by atoms with Crippen molar-refractivity contribution >= 4 is 68.7 Å². The van der Waals surface area contributed by atoms with Crippen molar-refractivity contribution in [1.29, 1.82) is 0 Å². The second kappa shape index (κ2) is 14.4. The number of benzene rings is 6. The van der Waals surface area contributed by atoms with E-state index in [4.69, 9.17) is 16.2 Å². The standard InChI is InChI=1S/C46H34N4O10S/c1-22-24(3)41(25(4)23(2)39(22)50-43(53)33-16-10-29(20-35(33)45(50)55)27-7-13-31(48)14-8-27)61(58,59)37-18-17-36(38(46(56)57)40(37)60-21-51)49-42(52)32-15-9-28(19-34(32)44(49)54)26-5-11-30(47)12-6-26/h5-21H,47-48H2,1-4H3,(H,56,57). The molecule has 14 nitrogen and oxygen atoms in total. The zero-order valence-corrected chi connectivity index (χ0v) is 33.7. The molecule has 6 aromatic carbocycles. The molecule has 0 unspecified atom stereocenters. The summed E-state index contributed by atoms with van der Waals surface area (Å²) in [6.45, 7) is 5.88. The van der Waals surface area contributed by atoms with Crippen LogP contribution < -0.4 is 26.0 Å². The Bertz CT molecular complexity index is 3070. The predicted molar refractivity (Wildman–Crippen MR) is 226 cm³/mol. The molecule has 0 radical (unpaired) electrons. The van der Waals surface area contributed by atoms with Gasteiger partial charge in [0.1, 0.15) is 10.5 Å². The van der Waals surface area contributed by atoms with Crippen LogP contribution in [0, 0.1) is 27.7 Å². The number of nitrogen functional groups attached to an aromatic ring is 2. The summed E-state index contributed by atoms with van der Waals surface area (Å²) in [4.78, 5) is 81.2. The molecule has 0 aromatic heterocycles. The van der Waals surface area contributed by atoms with Crippen LogP contribution in [0.25, 0.3) is 22.3 Å². The number of hydrogen-bond donors (Lipinski definition) is 3. The molecule has 2 aliphatic heterocycles. The average molecular weight is 835 g/mol. The summed E-state index contributed by atoms with van der Waals surface area (Å²) in [7, 11) is -4.82. The smallest absolute Gasteiger partial charge is 0.341 e. The van der Waals surface area contributed by atoms with Crippen molar-refractivity contribution in [3.63, 3.8) is 0 Å². The van der Waals surface area contributed by atoms with Crippen LogP contribution in [-0.2, 0) is 14.6 Å². The summed E-state index contributed by atoms with van der Waals surface area (Å²) in [5.41, 5.74) is 15.1. The third kappa shape index (κ3) is 6.12. The van der Waals surface area contributed by atoms with Gasteiger partial charge in [0, 0.05) is 11.4 Å². The summed E-state index contributed by atoms with van der Waals surface area (Å²) >= 11 is 0. The zero-order chi connectivity index (χ0) is 43.8. The lowest BCUT2D eigenvalue weighted by atomic mass is 9.97. The van der Waals surface area contributed by atoms with Gasteiger partial charge in [0.05, 0.1) is 38.5 Å². The normalized spacial score (nSPS) is 13.4. The molecule has 0 saturated carbocycles. The number of aromatic carboxylic acids is 1. The van der Waals surface area contributed by atoms with Crippen molar-refractivity contribution in [3.8, 4) is 28.0 Å². The number of carbonyl (C=O) groups is 6. The largest absolute Gasteiger partial charge is 0.477 e. The maximum absolute atomic E-state index is 14.8. The molecule has 15 heteroatoms. The number of nitrogens with zero attached hydrogens (tertiary/aromatic N) is 2. The Labute approximate surface area is 348 Å². The van der Waals surface area contributed by atoms with E-state index >= 15 is 0 Å². The van der Waals surface area contributed by atoms with Gasteiger partial charge in [-0.15, -0.1) is 0 Å². The topological polar surface area (TPSA) is 225 Å². The first-order valence-electron chi connectivity index (χ1n) is 18.6. The van der Waals surface area contributed by atoms with Gasteiger partial charge in [-0.25, -0.2) is 23.0 Å². The van der Waals surface area contributed by atoms with Crippen LogP contribution >= 0.6 is 0 Å². The lowest BCUT2D eigenvalue weighted by Crippen LogP contribution is -2.32. The van der Waals surface area contributed by atoms with E-state index in [0.29, 0.717) is 33.0 Å². The van der Waals surface area contributed by atoms with Gasteiger partial charge >= 0.3 is 5.97 Å². The number of nitrogens with two attached hydrogens (primary N) is 2. The van der Waals surface area contributed by atoms with Gasteiger partial charge in [0.25, 0.3) is 30.1 Å². The first-order valence-corrected chi connectivity index (χ1v) is 20.1. The Hall–Kier alpha value is -7.91. The number of carboxylic acids is 1. The van der Waals surface area contributed by atoms with Crippen molar-refractivity contribution in [1.82, 2.24) is 0 Å². The fraction of sp³-hybridized carbons (Fsp3) is 0.0870. The van der Waals surface area contributed by atoms with Crippen LogP contribution in [0.15, 0.2) is 107 Å². The van der Waals surface area contributed by atoms with Crippen molar-refractivity contribution in [2.24, 2.45) is 0 Å². The van der Waals surface area contributed by atoms with Gasteiger partial charge in [-0.1, -0.05) is 36.4 Å². The van der Waals surface area contributed by atoms with E-state index in [9.17, 15) is 42.3 Å². The fourth-order valence-electron chi connectivity index (χ4n) is 8.04. The number of fused-ring (bicyclic) bond motifs is 2. The van der Waals surface area contributed by atoms with Gasteiger partial charge in [-0.2, -0.15) is 0 Å². The highest BCUT2D eigenvalue weighted by atomic mass is 32.2. The Morgan fingerprint density at radius 3 is 1.48 bits per heavy atom. The third-order valence-corrected chi connectivity index (χ3v) is 13.3. The Kier molecular flexibility index (Phi) is 9.43. The lowest BCUT2D eigenvalue weighted by Gasteiger charge is -2.26. The first-order chi connectivity index (χ1) is 29.0. The predicted octanol–water partition coefficient (Wildman–Crippen LogP) is 7.09. The molecule has 0 saturated heterocycles. The quantitative estimate of drug-likeness (QED) is 0.0755. The van der Waals surface area contributed by atoms with Crippen molar-refractivity contribution < 1.29 is 47.0 Å². The number of carboxylic acid groups (broad SMARTS) is 1. The number of ether oxygens (including phenoxy) is 1. The minimum Gasteiger partial charge on any atom is -0.477 e. The van der Waals surface area contributed by atoms with E-state index in [1.807, 2.05) is 0 Å². The summed E-state index contributed by atoms with van der Waals surface area (Å²) in [5.74, 6) is -5.74. The zero-order valence-electron chi connectivity index (χ0n) is 32.9. The minimum absolute atomic E-state index is 0.0346. The van der Waals surface area contributed by atoms with Gasteiger partial charge < -0.3 is 21.3 Å². The van der Waals surface area contributed by atoms with Crippen LogP contribution in [0.1, 0.15) is 74.0 Å². The van der Waals surface area contributed by atoms with Gasteiger partial charge in [-0.3, -0.25) is 24.0 Å². The molecule has 0 aliphatic carbocycles. The monoisotopic (exact) mass is 834 g/mol. The van der Waals surface area contributed by atoms with Crippen molar-refractivity contribution in [2.75, 3.05) is 21.3 Å². The number of sulfone groups is 1. The molecule has 4 amide bonds. The van der Waals surface area contributed by atoms with E-state index in [2.05, 4.69) is 0 Å². The van der Waals surface area contributed by atoms with Crippen LogP contribution in [0.2, 0.25) is 0 Å². The van der Waals surface area contributed by atoms with Crippen molar-refractivity contribution in [3.05, 3.63) is 147 Å². The number of imide groups is 2. The van der Waals surface area contributed by atoms with Crippen LogP contribution in [-0.4, -0.2) is 49.6 Å². The highest BCUT2D eigenvalue weighted by Gasteiger charge is 2.43. The van der Waals surface area contributed by atoms with Gasteiger partial charge in [0.2, 0.25) is 9.84 Å². The van der Waals surface area contributed by atoms with Gasteiger partial charge in [-0.05, 0) is 133 Å². The number of carbonyl (C=O) groups excluding carboxylic acids is 5. The molecule has 8 rings (SSSR count). The molecule has 2 heterocycles. The van der Waals surface area contributed by atoms with E-state index in [1.165, 1.54) is 26.0 Å². The molecular weight excluding hydrogens is 801 g/mol. The Balaban J connectivity index is 1.20. The first kappa shape index (κ1) is 39.9. The molecule has 0 atom stereocenters. The van der Waals surface area contributed by atoms with Crippen LogP contribution in [0.3, 0.4) is 0 Å². The van der Waals surface area contributed by atoms with E-state index in [1.54, 1.807) is 86.6 Å². The summed E-state index contributed by atoms with van der Waals surface area (Å²) in [5, 5.41) is 10.5. The highest BCUT2D eigenvalue weighted by molar-refractivity contribution is 7.91. The molecular formula is C46H34N4O10S. The second-order valence-electron chi connectivity index (χ2n) is 14.6. The Morgan fingerprint density at radius 1 is 0.590 bits per heavy atom. The summed E-state index contributed by atoms with van der Waals surface area (Å²) in [6.07, 6.45) is 0. The molecule has 61 heavy (non-hydrogen) atoms. The maximum Gasteiger partial charge on any atom is 0.341 e. The average Bonchev–Trinajstić information content (AvgIpc) is 3.63. The van der Waals surface area contributed by atoms with Crippen molar-refractivity contribution in [2.45, 2.75) is 37.5 Å². The fourth-order valence-corrected chi connectivity index (χ4v) is 10.0. The maximum atomic E-state index is 14.8. The molecule has 6 aromatic rings. The summed E-state index contributed by atoms with van der Waals surface area (Å²) < 4.78 is 34.8.